The van der Waals surface area contributed by atoms with Gasteiger partial charge >= 0.3 is 5.97 Å². The van der Waals surface area contributed by atoms with E-state index in [4.69, 9.17) is 4.42 Å². The van der Waals surface area contributed by atoms with Gasteiger partial charge in [0.25, 0.3) is 0 Å². The fourth-order valence-electron chi connectivity index (χ4n) is 3.20. The van der Waals surface area contributed by atoms with Gasteiger partial charge in [0.05, 0.1) is 0 Å². The third-order valence-electron chi connectivity index (χ3n) is 4.41. The Morgan fingerprint density at radius 1 is 0.862 bits per heavy atom. The highest BCUT2D eigenvalue weighted by Crippen LogP contribution is 2.44. The van der Waals surface area contributed by atoms with Crippen molar-refractivity contribution in [3.8, 4) is 28.2 Å². The van der Waals surface area contributed by atoms with E-state index in [1.807, 2.05) is 0 Å². The molecule has 0 saturated heterocycles. The molecule has 0 saturated carbocycles. The predicted octanol–water partition coefficient (Wildman–Crippen LogP) is 4.53. The predicted molar refractivity (Wildman–Crippen MR) is 93.0 cm³/mol. The van der Waals surface area contributed by atoms with Crippen LogP contribution in [0.15, 0.2) is 45.6 Å². The third kappa shape index (κ3) is 2.70. The van der Waals surface area contributed by atoms with E-state index in [-0.39, 0.29) is 33.6 Å². The number of aromatic carboxylic acids is 1. The zero-order chi connectivity index (χ0) is 21.0. The van der Waals surface area contributed by atoms with Crippen LogP contribution in [-0.4, -0.2) is 16.2 Å². The van der Waals surface area contributed by atoms with E-state index in [2.05, 4.69) is 0 Å². The number of benzene rings is 3. The Kier molecular flexibility index (Phi) is 4.04. The van der Waals surface area contributed by atoms with Gasteiger partial charge in [0, 0.05) is 34.2 Å². The first-order valence-electron chi connectivity index (χ1n) is 8.00. The monoisotopic (exact) mass is 404 g/mol. The first-order valence-corrected chi connectivity index (χ1v) is 8.00. The minimum atomic E-state index is -2.27. The number of hydrogen-bond acceptors (Lipinski definition) is 4. The molecule has 5 nitrogen and oxygen atoms in total. The lowest BCUT2D eigenvalue weighted by Crippen LogP contribution is -2.12. The highest BCUT2D eigenvalue weighted by Gasteiger charge is 2.33. The van der Waals surface area contributed by atoms with Crippen LogP contribution in [0.5, 0.6) is 5.75 Å². The molecule has 0 radical (unpaired) electrons. The molecule has 1 heterocycles. The number of aromatic hydroxyl groups is 1. The summed E-state index contributed by atoms with van der Waals surface area (Å²) >= 11 is 0. The van der Waals surface area contributed by atoms with E-state index in [1.165, 1.54) is 6.07 Å². The van der Waals surface area contributed by atoms with Gasteiger partial charge < -0.3 is 14.6 Å². The second-order valence-electron chi connectivity index (χ2n) is 6.13. The van der Waals surface area contributed by atoms with Crippen LogP contribution in [0.1, 0.15) is 10.4 Å². The number of fused-ring (bicyclic) bond motifs is 2. The number of halogens is 4. The van der Waals surface area contributed by atoms with Gasteiger partial charge in [0.2, 0.25) is 0 Å². The molecule has 0 atom stereocenters. The highest BCUT2D eigenvalue weighted by atomic mass is 19.2. The maximum Gasteiger partial charge on any atom is 0.339 e. The summed E-state index contributed by atoms with van der Waals surface area (Å²) in [5.41, 5.74) is -3.50. The minimum absolute atomic E-state index is 0.0271. The normalized spacial score (nSPS) is 11.3. The molecule has 29 heavy (non-hydrogen) atoms. The van der Waals surface area contributed by atoms with Crippen molar-refractivity contribution in [3.63, 3.8) is 0 Å². The van der Waals surface area contributed by atoms with Crippen molar-refractivity contribution < 1.29 is 37.0 Å². The summed E-state index contributed by atoms with van der Waals surface area (Å²) in [5.74, 6) is -10.9. The van der Waals surface area contributed by atoms with Gasteiger partial charge in [0.1, 0.15) is 22.7 Å². The molecule has 1 aliphatic carbocycles. The Bertz CT molecular complexity index is 1360. The second kappa shape index (κ2) is 6.33. The molecule has 4 rings (SSSR count). The van der Waals surface area contributed by atoms with Crippen LogP contribution in [0, 0.1) is 23.3 Å². The van der Waals surface area contributed by atoms with Crippen molar-refractivity contribution in [1.82, 2.24) is 0 Å². The molecule has 2 aromatic rings. The van der Waals surface area contributed by atoms with Crippen LogP contribution in [0.2, 0.25) is 0 Å². The number of rotatable bonds is 2. The zero-order valence-electron chi connectivity index (χ0n) is 14.1. The lowest BCUT2D eigenvalue weighted by molar-refractivity contribution is 0.0690. The summed E-state index contributed by atoms with van der Waals surface area (Å²) in [5, 5.41) is 19.0. The van der Waals surface area contributed by atoms with Gasteiger partial charge in [-0.3, -0.25) is 4.79 Å². The van der Waals surface area contributed by atoms with E-state index in [0.29, 0.717) is 0 Å². The van der Waals surface area contributed by atoms with Gasteiger partial charge in [-0.15, -0.1) is 0 Å². The van der Waals surface area contributed by atoms with Crippen LogP contribution in [0.4, 0.5) is 17.6 Å². The molecule has 2 N–H and O–H groups in total. The van der Waals surface area contributed by atoms with Crippen molar-refractivity contribution >= 4 is 16.9 Å². The SMILES string of the molecule is O=C(O)c1c(F)c(F)c(F)c(F)c1-c1c2ccc(=O)cc-2oc2cc(O)ccc12. The maximum absolute atomic E-state index is 14.8. The summed E-state index contributed by atoms with van der Waals surface area (Å²) < 4.78 is 62.3. The molecule has 0 amide bonds. The Labute approximate surface area is 158 Å². The lowest BCUT2D eigenvalue weighted by atomic mass is 9.89. The Morgan fingerprint density at radius 3 is 2.24 bits per heavy atom. The number of phenolic OH excluding ortho intramolecular Hbond substituents is 1. The molecule has 0 unspecified atom stereocenters. The van der Waals surface area contributed by atoms with Gasteiger partial charge in [0.15, 0.2) is 28.7 Å². The van der Waals surface area contributed by atoms with E-state index >= 15 is 0 Å². The van der Waals surface area contributed by atoms with Crippen molar-refractivity contribution in [2.45, 2.75) is 0 Å². The number of carboxylic acid groups (broad SMARTS) is 1. The summed E-state index contributed by atoms with van der Waals surface area (Å²) in [6.45, 7) is 0. The highest BCUT2D eigenvalue weighted by molar-refractivity contribution is 6.07. The molecule has 0 spiro atoms. The molecular weight excluding hydrogens is 396 g/mol. The Balaban J connectivity index is 2.31. The van der Waals surface area contributed by atoms with Crippen molar-refractivity contribution in [2.24, 2.45) is 0 Å². The van der Waals surface area contributed by atoms with E-state index < -0.39 is 45.8 Å². The average molecular weight is 404 g/mol. The average Bonchev–Trinajstić information content (AvgIpc) is 2.66. The molecule has 9 heteroatoms. The summed E-state index contributed by atoms with van der Waals surface area (Å²) in [4.78, 5) is 23.3. The smallest absolute Gasteiger partial charge is 0.339 e. The zero-order valence-corrected chi connectivity index (χ0v) is 14.1. The molecule has 2 aliphatic rings. The Morgan fingerprint density at radius 2 is 1.55 bits per heavy atom. The molecule has 146 valence electrons. The van der Waals surface area contributed by atoms with Crippen LogP contribution in [0.25, 0.3) is 33.4 Å². The second-order valence-corrected chi connectivity index (χ2v) is 6.13. The molecule has 1 aliphatic heterocycles. The molecule has 2 aromatic carbocycles. The Hall–Kier alpha value is -3.88. The van der Waals surface area contributed by atoms with Crippen LogP contribution < -0.4 is 5.43 Å². The van der Waals surface area contributed by atoms with Crippen LogP contribution in [-0.2, 0) is 0 Å². The maximum atomic E-state index is 14.8. The fraction of sp³-hybridized carbons (Fsp3) is 0. The van der Waals surface area contributed by atoms with E-state index in [0.717, 1.165) is 30.3 Å². The third-order valence-corrected chi connectivity index (χ3v) is 4.41. The van der Waals surface area contributed by atoms with Crippen molar-refractivity contribution in [1.29, 1.82) is 0 Å². The standard InChI is InChI=1S/C20H8F4O5/c21-16-14(15(20(27)28)17(22)19(24)18(16)23)13-9-3-1-7(25)5-11(9)29-12-6-8(26)2-4-10(12)13/h1-6,25H,(H,27,28). The van der Waals surface area contributed by atoms with Crippen molar-refractivity contribution in [3.05, 3.63) is 75.5 Å². The van der Waals surface area contributed by atoms with Crippen LogP contribution in [0.3, 0.4) is 0 Å². The van der Waals surface area contributed by atoms with Gasteiger partial charge in [-0.1, -0.05) is 0 Å². The first-order chi connectivity index (χ1) is 13.7. The molecule has 0 bridgehead atoms. The largest absolute Gasteiger partial charge is 0.508 e. The van der Waals surface area contributed by atoms with Gasteiger partial charge in [-0.2, -0.15) is 0 Å². The summed E-state index contributed by atoms with van der Waals surface area (Å²) in [7, 11) is 0. The first kappa shape index (κ1) is 18.5. The summed E-state index contributed by atoms with van der Waals surface area (Å²) in [6.07, 6.45) is 0. The lowest BCUT2D eigenvalue weighted by Gasteiger charge is -2.18. The number of carbonyl (C=O) groups is 1. The molecular formula is C20H8F4O5. The van der Waals surface area contributed by atoms with Gasteiger partial charge in [-0.05, 0) is 24.3 Å². The van der Waals surface area contributed by atoms with E-state index in [1.54, 1.807) is 0 Å². The topological polar surface area (TPSA) is 87.7 Å². The summed E-state index contributed by atoms with van der Waals surface area (Å²) in [6, 6.07) is 6.67. The molecule has 0 fully saturated rings. The van der Waals surface area contributed by atoms with Gasteiger partial charge in [-0.25, -0.2) is 22.4 Å². The number of phenols is 1. The number of carboxylic acids is 1. The molecule has 0 aromatic heterocycles. The van der Waals surface area contributed by atoms with Crippen molar-refractivity contribution in [2.75, 3.05) is 0 Å². The van der Waals surface area contributed by atoms with Crippen LogP contribution >= 0.6 is 0 Å². The fourth-order valence-corrected chi connectivity index (χ4v) is 3.20. The minimum Gasteiger partial charge on any atom is -0.508 e. The quantitative estimate of drug-likeness (QED) is 0.222. The van der Waals surface area contributed by atoms with E-state index in [9.17, 15) is 37.4 Å². The number of hydrogen-bond donors (Lipinski definition) is 2.